The van der Waals surface area contributed by atoms with E-state index >= 15 is 0 Å². The molecule has 128 valence electrons. The number of nitrogens with zero attached hydrogens (tertiary/aromatic N) is 1. The van der Waals surface area contributed by atoms with Crippen molar-refractivity contribution in [3.63, 3.8) is 0 Å². The number of para-hydroxylation sites is 1. The molecule has 2 atom stereocenters. The van der Waals surface area contributed by atoms with Crippen molar-refractivity contribution in [2.24, 2.45) is 5.92 Å². The van der Waals surface area contributed by atoms with Crippen LogP contribution in [0.5, 0.6) is 0 Å². The summed E-state index contributed by atoms with van der Waals surface area (Å²) in [5.41, 5.74) is -0.0335. The summed E-state index contributed by atoms with van der Waals surface area (Å²) in [5, 5.41) is 14.4. The van der Waals surface area contributed by atoms with Crippen LogP contribution >= 0.6 is 0 Å². The molecule has 7 heteroatoms. The molecule has 3 N–H and O–H groups in total. The van der Waals surface area contributed by atoms with Gasteiger partial charge in [0.25, 0.3) is 0 Å². The lowest BCUT2D eigenvalue weighted by Gasteiger charge is -2.20. The minimum atomic E-state index is -0.590. The van der Waals surface area contributed by atoms with E-state index in [1.807, 2.05) is 6.92 Å². The lowest BCUT2D eigenvalue weighted by molar-refractivity contribution is 0.231. The molecule has 0 bridgehead atoms. The van der Waals surface area contributed by atoms with Gasteiger partial charge in [-0.15, -0.1) is 0 Å². The topological polar surface area (TPSA) is 64.6 Å². The number of carbonyl (C=O) groups excluding carboxylic acids is 1. The Bertz CT molecular complexity index is 522. The average molecular weight is 327 g/mol. The van der Waals surface area contributed by atoms with Gasteiger partial charge in [0.2, 0.25) is 0 Å². The predicted octanol–water partition coefficient (Wildman–Crippen LogP) is 1.86. The van der Waals surface area contributed by atoms with Gasteiger partial charge in [-0.3, -0.25) is 0 Å². The molecule has 0 radical (unpaired) electrons. The van der Waals surface area contributed by atoms with Gasteiger partial charge in [-0.25, -0.2) is 13.6 Å². The molecule has 2 rings (SSSR count). The van der Waals surface area contributed by atoms with Gasteiger partial charge < -0.3 is 20.6 Å². The molecule has 0 aromatic heterocycles. The zero-order valence-corrected chi connectivity index (χ0v) is 13.2. The molecule has 1 aliphatic heterocycles. The summed E-state index contributed by atoms with van der Waals surface area (Å²) in [5.74, 6) is -0.987. The van der Waals surface area contributed by atoms with Crippen LogP contribution in [-0.2, 0) is 0 Å². The molecule has 1 heterocycles. The van der Waals surface area contributed by atoms with Gasteiger partial charge in [0.15, 0.2) is 0 Å². The second-order valence-corrected chi connectivity index (χ2v) is 5.97. The predicted molar refractivity (Wildman–Crippen MR) is 84.4 cm³/mol. The summed E-state index contributed by atoms with van der Waals surface area (Å²) in [7, 11) is 0. The monoisotopic (exact) mass is 327 g/mol. The summed E-state index contributed by atoms with van der Waals surface area (Å²) < 4.78 is 27.5. The van der Waals surface area contributed by atoms with Crippen molar-refractivity contribution in [3.05, 3.63) is 29.8 Å². The lowest BCUT2D eigenvalue weighted by Crippen LogP contribution is -2.44. The normalized spacial score (nSPS) is 18.8. The molecule has 2 amide bonds. The fraction of sp³-hybridized carbons (Fsp3) is 0.562. The van der Waals surface area contributed by atoms with E-state index in [0.29, 0.717) is 32.5 Å². The number of amides is 2. The number of urea groups is 1. The Morgan fingerprint density at radius 3 is 2.78 bits per heavy atom. The van der Waals surface area contributed by atoms with Gasteiger partial charge in [-0.2, -0.15) is 0 Å². The van der Waals surface area contributed by atoms with E-state index in [4.69, 9.17) is 5.11 Å². The van der Waals surface area contributed by atoms with Crippen molar-refractivity contribution >= 4 is 11.7 Å². The second kappa shape index (κ2) is 8.10. The molecule has 1 aromatic carbocycles. The maximum atomic E-state index is 13.8. The van der Waals surface area contributed by atoms with Gasteiger partial charge in [-0.1, -0.05) is 13.0 Å². The molecule has 0 saturated carbocycles. The van der Waals surface area contributed by atoms with Gasteiger partial charge in [0, 0.05) is 32.3 Å². The number of carbonyl (C=O) groups is 1. The maximum absolute atomic E-state index is 13.8. The van der Waals surface area contributed by atoms with Crippen LogP contribution in [0.1, 0.15) is 19.8 Å². The van der Waals surface area contributed by atoms with Crippen molar-refractivity contribution in [2.75, 3.05) is 31.1 Å². The zero-order chi connectivity index (χ0) is 16.8. The van der Waals surface area contributed by atoms with Crippen LogP contribution in [0.15, 0.2) is 18.2 Å². The Hall–Kier alpha value is -1.89. The largest absolute Gasteiger partial charge is 0.396 e. The smallest absolute Gasteiger partial charge is 0.315 e. The Balaban J connectivity index is 1.82. The number of hydrogen-bond donors (Lipinski definition) is 3. The first-order valence-electron chi connectivity index (χ1n) is 7.85. The number of nitrogens with one attached hydrogen (secondary N) is 2. The fourth-order valence-electron chi connectivity index (χ4n) is 2.70. The Morgan fingerprint density at radius 1 is 1.43 bits per heavy atom. The number of halogens is 2. The number of anilines is 1. The standard InChI is InChI=1S/C16H23F2N3O2/c1-11(6-8-22)9-19-16(23)20-12-5-7-21(10-12)15-13(17)3-2-4-14(15)18/h2-4,11-12,22H,5-10H2,1H3,(H2,19,20,23). The van der Waals surface area contributed by atoms with Crippen molar-refractivity contribution in [3.8, 4) is 0 Å². The average Bonchev–Trinajstić information content (AvgIpc) is 2.93. The van der Waals surface area contributed by atoms with E-state index in [2.05, 4.69) is 10.6 Å². The van der Waals surface area contributed by atoms with Gasteiger partial charge in [0.05, 0.1) is 0 Å². The summed E-state index contributed by atoms with van der Waals surface area (Å²) in [6.07, 6.45) is 1.26. The van der Waals surface area contributed by atoms with Crippen molar-refractivity contribution in [1.29, 1.82) is 0 Å². The molecule has 0 aliphatic carbocycles. The van der Waals surface area contributed by atoms with E-state index in [-0.39, 0.29) is 30.3 Å². The van der Waals surface area contributed by atoms with Gasteiger partial charge in [0.1, 0.15) is 17.3 Å². The highest BCUT2D eigenvalue weighted by atomic mass is 19.1. The summed E-state index contributed by atoms with van der Waals surface area (Å²) >= 11 is 0. The lowest BCUT2D eigenvalue weighted by atomic mass is 10.1. The first-order chi connectivity index (χ1) is 11.0. The van der Waals surface area contributed by atoms with E-state index in [9.17, 15) is 13.6 Å². The summed E-state index contributed by atoms with van der Waals surface area (Å²) in [4.78, 5) is 13.4. The number of benzene rings is 1. The highest BCUT2D eigenvalue weighted by Crippen LogP contribution is 2.26. The molecule has 1 saturated heterocycles. The Labute approximate surface area is 134 Å². The summed E-state index contributed by atoms with van der Waals surface area (Å²) in [6.45, 7) is 3.37. The van der Waals surface area contributed by atoms with E-state index in [0.717, 1.165) is 0 Å². The van der Waals surface area contributed by atoms with Crippen LogP contribution in [0.4, 0.5) is 19.3 Å². The Morgan fingerprint density at radius 2 is 2.13 bits per heavy atom. The van der Waals surface area contributed by atoms with Crippen molar-refractivity contribution in [2.45, 2.75) is 25.8 Å². The molecular formula is C16H23F2N3O2. The Kier molecular flexibility index (Phi) is 6.15. The van der Waals surface area contributed by atoms with Crippen LogP contribution in [0.2, 0.25) is 0 Å². The molecule has 1 fully saturated rings. The number of rotatable bonds is 6. The van der Waals surface area contributed by atoms with E-state index < -0.39 is 11.6 Å². The van der Waals surface area contributed by atoms with Crippen LogP contribution < -0.4 is 15.5 Å². The first kappa shape index (κ1) is 17.5. The minimum absolute atomic E-state index is 0.0335. The third-order valence-electron chi connectivity index (χ3n) is 4.01. The SMILES string of the molecule is CC(CCO)CNC(=O)NC1CCN(c2c(F)cccc2F)C1. The number of aliphatic hydroxyl groups is 1. The quantitative estimate of drug-likeness (QED) is 0.747. The highest BCUT2D eigenvalue weighted by Gasteiger charge is 2.27. The van der Waals surface area contributed by atoms with Crippen molar-refractivity contribution < 1.29 is 18.7 Å². The fourth-order valence-corrected chi connectivity index (χ4v) is 2.70. The van der Waals surface area contributed by atoms with Gasteiger partial charge in [-0.05, 0) is 30.9 Å². The van der Waals surface area contributed by atoms with E-state index in [1.54, 1.807) is 4.90 Å². The molecule has 1 aliphatic rings. The van der Waals surface area contributed by atoms with Crippen LogP contribution in [0.3, 0.4) is 0 Å². The second-order valence-electron chi connectivity index (χ2n) is 5.97. The molecule has 5 nitrogen and oxygen atoms in total. The van der Waals surface area contributed by atoms with Gasteiger partial charge >= 0.3 is 6.03 Å². The summed E-state index contributed by atoms with van der Waals surface area (Å²) in [6, 6.07) is 3.35. The highest BCUT2D eigenvalue weighted by molar-refractivity contribution is 5.74. The minimum Gasteiger partial charge on any atom is -0.396 e. The zero-order valence-electron chi connectivity index (χ0n) is 13.2. The third-order valence-corrected chi connectivity index (χ3v) is 4.01. The number of aliphatic hydroxyl groups excluding tert-OH is 1. The number of hydrogen-bond acceptors (Lipinski definition) is 3. The van der Waals surface area contributed by atoms with Crippen LogP contribution in [0, 0.1) is 17.6 Å². The molecular weight excluding hydrogens is 304 g/mol. The molecule has 1 aromatic rings. The van der Waals surface area contributed by atoms with E-state index in [1.165, 1.54) is 18.2 Å². The molecule has 0 spiro atoms. The van der Waals surface area contributed by atoms with Crippen LogP contribution in [-0.4, -0.2) is 43.4 Å². The maximum Gasteiger partial charge on any atom is 0.315 e. The third kappa shape index (κ3) is 4.79. The molecule has 23 heavy (non-hydrogen) atoms. The van der Waals surface area contributed by atoms with Crippen molar-refractivity contribution in [1.82, 2.24) is 10.6 Å². The first-order valence-corrected chi connectivity index (χ1v) is 7.85. The molecule has 2 unspecified atom stereocenters. The van der Waals surface area contributed by atoms with Crippen LogP contribution in [0.25, 0.3) is 0 Å².